The predicted octanol–water partition coefficient (Wildman–Crippen LogP) is 0.908. The third-order valence-electron chi connectivity index (χ3n) is 3.51. The van der Waals surface area contributed by atoms with Crippen LogP contribution in [0.2, 0.25) is 0 Å². The van der Waals surface area contributed by atoms with Gasteiger partial charge in [-0.15, -0.1) is 0 Å². The second kappa shape index (κ2) is 4.10. The molecule has 0 bridgehead atoms. The molecule has 4 rings (SSSR count). The molecule has 2 aliphatic rings. The molecule has 0 aliphatic carbocycles. The van der Waals surface area contributed by atoms with Crippen molar-refractivity contribution < 1.29 is 14.0 Å². The van der Waals surface area contributed by atoms with E-state index < -0.39 is 11.2 Å². The van der Waals surface area contributed by atoms with Crippen molar-refractivity contribution >= 4 is 34.9 Å². The van der Waals surface area contributed by atoms with E-state index in [4.69, 9.17) is 4.42 Å². The van der Waals surface area contributed by atoms with Gasteiger partial charge in [0.15, 0.2) is 0 Å². The lowest BCUT2D eigenvalue weighted by atomic mass is 9.87. The number of aromatic nitrogens is 1. The summed E-state index contributed by atoms with van der Waals surface area (Å²) in [4.78, 5) is 38.8. The fraction of sp³-hybridized carbons (Fsp3) is 0.250. The maximum Gasteiger partial charge on any atom is 0.305 e. The second-order valence-electron chi connectivity index (χ2n) is 4.62. The summed E-state index contributed by atoms with van der Waals surface area (Å²) in [5, 5.41) is 2.50. The first-order valence-electron chi connectivity index (χ1n) is 5.93. The Labute approximate surface area is 120 Å². The Morgan fingerprint density at radius 1 is 1.20 bits per heavy atom. The molecule has 8 heteroatoms. The first kappa shape index (κ1) is 12.0. The van der Waals surface area contributed by atoms with Crippen molar-refractivity contribution in [2.24, 2.45) is 5.92 Å². The minimum absolute atomic E-state index is 0.188. The number of nitrogens with one attached hydrogen (secondary N) is 2. The Kier molecular flexibility index (Phi) is 2.45. The molecular formula is C12H8N2O4S2. The normalized spacial score (nSPS) is 28.1. The summed E-state index contributed by atoms with van der Waals surface area (Å²) in [5.74, 6) is -0.930. The standard InChI is InChI=1S/C12H8N2O4S2/c15-9-6-5(4-2-1-3-18-4)8-11(14-12(17)20-8)19-7(6)10(16)13-9/h1-3,5-7H,(H,14,17)(H,13,15,16). The van der Waals surface area contributed by atoms with E-state index in [2.05, 4.69) is 10.3 Å². The Morgan fingerprint density at radius 2 is 2.05 bits per heavy atom. The van der Waals surface area contributed by atoms with Crippen LogP contribution in [0, 0.1) is 5.92 Å². The van der Waals surface area contributed by atoms with E-state index in [0.717, 1.165) is 16.2 Å². The fourth-order valence-electron chi connectivity index (χ4n) is 2.71. The van der Waals surface area contributed by atoms with Gasteiger partial charge in [0.2, 0.25) is 11.8 Å². The number of aromatic amines is 1. The van der Waals surface area contributed by atoms with E-state index >= 15 is 0 Å². The molecule has 2 aromatic heterocycles. The second-order valence-corrected chi connectivity index (χ2v) is 6.79. The van der Waals surface area contributed by atoms with Crippen molar-refractivity contribution in [3.8, 4) is 0 Å². The summed E-state index contributed by atoms with van der Waals surface area (Å²) < 4.78 is 5.42. The number of carbonyl (C=O) groups excluding carboxylic acids is 2. The molecule has 3 atom stereocenters. The minimum Gasteiger partial charge on any atom is -0.469 e. The largest absolute Gasteiger partial charge is 0.469 e. The van der Waals surface area contributed by atoms with Gasteiger partial charge in [0.1, 0.15) is 11.0 Å². The molecule has 1 fully saturated rings. The van der Waals surface area contributed by atoms with Crippen molar-refractivity contribution in [3.05, 3.63) is 38.7 Å². The summed E-state index contributed by atoms with van der Waals surface area (Å²) >= 11 is 2.31. The van der Waals surface area contributed by atoms with Gasteiger partial charge in [-0.1, -0.05) is 23.1 Å². The number of hydrogen-bond acceptors (Lipinski definition) is 6. The Balaban J connectivity index is 1.94. The van der Waals surface area contributed by atoms with E-state index in [0.29, 0.717) is 10.8 Å². The molecule has 102 valence electrons. The van der Waals surface area contributed by atoms with Gasteiger partial charge < -0.3 is 9.40 Å². The Hall–Kier alpha value is -1.80. The highest BCUT2D eigenvalue weighted by molar-refractivity contribution is 8.00. The maximum absolute atomic E-state index is 12.1. The van der Waals surface area contributed by atoms with E-state index in [1.165, 1.54) is 18.0 Å². The highest BCUT2D eigenvalue weighted by atomic mass is 32.2. The number of H-pyrrole nitrogens is 1. The fourth-order valence-corrected chi connectivity index (χ4v) is 5.17. The number of thioether (sulfide) groups is 1. The quantitative estimate of drug-likeness (QED) is 0.764. The number of thiazole rings is 1. The Morgan fingerprint density at radius 3 is 2.80 bits per heavy atom. The smallest absolute Gasteiger partial charge is 0.305 e. The van der Waals surface area contributed by atoms with Crippen LogP contribution in [0.25, 0.3) is 0 Å². The maximum atomic E-state index is 12.1. The first-order valence-corrected chi connectivity index (χ1v) is 7.62. The summed E-state index contributed by atoms with van der Waals surface area (Å²) in [7, 11) is 0. The molecule has 0 spiro atoms. The van der Waals surface area contributed by atoms with E-state index in [1.807, 2.05) is 0 Å². The zero-order valence-electron chi connectivity index (χ0n) is 9.91. The van der Waals surface area contributed by atoms with Crippen LogP contribution >= 0.6 is 23.1 Å². The molecule has 0 saturated carbocycles. The SMILES string of the molecule is O=C1NC(=O)C2C1Sc1[nH]c(=O)sc1C2c1ccco1. The van der Waals surface area contributed by atoms with Gasteiger partial charge in [-0.2, -0.15) is 0 Å². The number of fused-ring (bicyclic) bond motifs is 2. The zero-order valence-corrected chi connectivity index (χ0v) is 11.5. The van der Waals surface area contributed by atoms with Crippen LogP contribution < -0.4 is 10.2 Å². The van der Waals surface area contributed by atoms with E-state index in [-0.39, 0.29) is 22.6 Å². The molecule has 2 N–H and O–H groups in total. The molecule has 0 aromatic carbocycles. The lowest BCUT2D eigenvalue weighted by molar-refractivity contribution is -0.125. The predicted molar refractivity (Wildman–Crippen MR) is 71.8 cm³/mol. The molecule has 1 saturated heterocycles. The summed E-state index contributed by atoms with van der Waals surface area (Å²) in [5.41, 5.74) is 0. The number of hydrogen-bond donors (Lipinski definition) is 2. The number of amides is 2. The average molecular weight is 308 g/mol. The number of rotatable bonds is 1. The van der Waals surface area contributed by atoms with Crippen LogP contribution in [0.3, 0.4) is 0 Å². The molecule has 2 aliphatic heterocycles. The number of furan rings is 1. The summed E-state index contributed by atoms with van der Waals surface area (Å²) in [6.45, 7) is 0. The van der Waals surface area contributed by atoms with Crippen molar-refractivity contribution in [3.63, 3.8) is 0 Å². The van der Waals surface area contributed by atoms with Gasteiger partial charge in [0.05, 0.1) is 28.0 Å². The monoisotopic (exact) mass is 308 g/mol. The molecule has 0 radical (unpaired) electrons. The minimum atomic E-state index is -0.530. The van der Waals surface area contributed by atoms with Crippen LogP contribution in [0.15, 0.2) is 32.6 Å². The number of carbonyl (C=O) groups is 2. The third kappa shape index (κ3) is 1.55. The molecule has 2 aromatic rings. The van der Waals surface area contributed by atoms with E-state index in [1.54, 1.807) is 12.1 Å². The van der Waals surface area contributed by atoms with Crippen molar-refractivity contribution in [2.45, 2.75) is 16.2 Å². The lowest BCUT2D eigenvalue weighted by Crippen LogP contribution is -2.30. The van der Waals surface area contributed by atoms with Crippen molar-refractivity contribution in [1.29, 1.82) is 0 Å². The molecule has 2 amide bonds. The Bertz CT molecular complexity index is 761. The zero-order chi connectivity index (χ0) is 13.9. The van der Waals surface area contributed by atoms with Crippen LogP contribution in [-0.4, -0.2) is 22.0 Å². The van der Waals surface area contributed by atoms with Crippen molar-refractivity contribution in [1.82, 2.24) is 10.3 Å². The summed E-state index contributed by atoms with van der Waals surface area (Å²) in [6.07, 6.45) is 1.52. The highest BCUT2D eigenvalue weighted by Crippen LogP contribution is 2.50. The van der Waals surface area contributed by atoms with Crippen LogP contribution in [0.5, 0.6) is 0 Å². The molecule has 20 heavy (non-hydrogen) atoms. The van der Waals surface area contributed by atoms with Gasteiger partial charge in [-0.25, -0.2) is 0 Å². The first-order chi connectivity index (χ1) is 9.65. The summed E-state index contributed by atoms with van der Waals surface area (Å²) in [6, 6.07) is 3.50. The van der Waals surface area contributed by atoms with Gasteiger partial charge >= 0.3 is 4.87 Å². The van der Waals surface area contributed by atoms with Gasteiger partial charge in [0, 0.05) is 0 Å². The van der Waals surface area contributed by atoms with Crippen molar-refractivity contribution in [2.75, 3.05) is 0 Å². The third-order valence-corrected chi connectivity index (χ3v) is 5.93. The lowest BCUT2D eigenvalue weighted by Gasteiger charge is -2.27. The van der Waals surface area contributed by atoms with Crippen LogP contribution in [-0.2, 0) is 9.59 Å². The molecule has 6 nitrogen and oxygen atoms in total. The van der Waals surface area contributed by atoms with Gasteiger partial charge in [-0.05, 0) is 12.1 Å². The molecule has 3 unspecified atom stereocenters. The molecular weight excluding hydrogens is 300 g/mol. The highest BCUT2D eigenvalue weighted by Gasteiger charge is 2.53. The molecule has 4 heterocycles. The van der Waals surface area contributed by atoms with Gasteiger partial charge in [-0.3, -0.25) is 19.7 Å². The van der Waals surface area contributed by atoms with Crippen LogP contribution in [0.1, 0.15) is 16.6 Å². The van der Waals surface area contributed by atoms with E-state index in [9.17, 15) is 14.4 Å². The average Bonchev–Trinajstić information content (AvgIpc) is 3.08. The topological polar surface area (TPSA) is 92.2 Å². The van der Waals surface area contributed by atoms with Crippen LogP contribution in [0.4, 0.5) is 0 Å². The van der Waals surface area contributed by atoms with Gasteiger partial charge in [0.25, 0.3) is 0 Å². The number of imide groups is 1.